The number of nitrogens with zero attached hydrogens (tertiary/aromatic N) is 2. The SMILES string of the molecule is CC(C)N1CC[N+](C(C)C)=C1F. The Bertz CT molecular complexity index is 197. The van der Waals surface area contributed by atoms with E-state index in [1.54, 1.807) is 9.48 Å². The molecule has 0 radical (unpaired) electrons. The number of hydrogen-bond donors (Lipinski definition) is 0. The first-order valence-electron chi connectivity index (χ1n) is 4.59. The summed E-state index contributed by atoms with van der Waals surface area (Å²) in [5, 5.41) is 0. The van der Waals surface area contributed by atoms with Crippen molar-refractivity contribution in [2.45, 2.75) is 39.8 Å². The summed E-state index contributed by atoms with van der Waals surface area (Å²) in [5.41, 5.74) is 0. The maximum absolute atomic E-state index is 13.5. The van der Waals surface area contributed by atoms with E-state index in [1.165, 1.54) is 0 Å². The molecule has 1 heterocycles. The molecule has 0 aliphatic carbocycles. The molecule has 12 heavy (non-hydrogen) atoms. The summed E-state index contributed by atoms with van der Waals surface area (Å²) in [7, 11) is 0. The maximum Gasteiger partial charge on any atom is 0.436 e. The Morgan fingerprint density at radius 2 is 1.92 bits per heavy atom. The minimum Gasteiger partial charge on any atom is -0.230 e. The highest BCUT2D eigenvalue weighted by Gasteiger charge is 2.33. The lowest BCUT2D eigenvalue weighted by Gasteiger charge is -2.11. The van der Waals surface area contributed by atoms with Gasteiger partial charge in [0.15, 0.2) is 0 Å². The van der Waals surface area contributed by atoms with Crippen LogP contribution in [0.2, 0.25) is 0 Å². The van der Waals surface area contributed by atoms with Crippen molar-refractivity contribution in [2.75, 3.05) is 13.1 Å². The van der Waals surface area contributed by atoms with Crippen LogP contribution in [0.15, 0.2) is 0 Å². The molecule has 1 rings (SSSR count). The Kier molecular flexibility index (Phi) is 2.70. The highest BCUT2D eigenvalue weighted by Crippen LogP contribution is 2.09. The fourth-order valence-corrected chi connectivity index (χ4v) is 1.51. The van der Waals surface area contributed by atoms with Gasteiger partial charge in [-0.25, -0.2) is 9.48 Å². The number of halogens is 1. The van der Waals surface area contributed by atoms with Crippen LogP contribution in [0.5, 0.6) is 0 Å². The van der Waals surface area contributed by atoms with Crippen molar-refractivity contribution < 1.29 is 8.97 Å². The van der Waals surface area contributed by atoms with Crippen LogP contribution in [0.3, 0.4) is 0 Å². The molecule has 0 amide bonds. The molecule has 2 nitrogen and oxygen atoms in total. The zero-order chi connectivity index (χ0) is 9.30. The van der Waals surface area contributed by atoms with Crippen molar-refractivity contribution in [3.8, 4) is 0 Å². The molecule has 0 aromatic carbocycles. The highest BCUT2D eigenvalue weighted by atomic mass is 19.1. The predicted molar refractivity (Wildman–Crippen MR) is 48.2 cm³/mol. The molecular weight excluding hydrogens is 155 g/mol. The van der Waals surface area contributed by atoms with Crippen molar-refractivity contribution in [1.82, 2.24) is 4.90 Å². The third-order valence-corrected chi connectivity index (χ3v) is 2.30. The van der Waals surface area contributed by atoms with E-state index in [-0.39, 0.29) is 18.2 Å². The Hall–Kier alpha value is -0.600. The van der Waals surface area contributed by atoms with Crippen LogP contribution in [0.4, 0.5) is 4.39 Å². The zero-order valence-corrected chi connectivity index (χ0v) is 8.34. The molecule has 0 saturated heterocycles. The second-order valence-electron chi connectivity index (χ2n) is 3.84. The van der Waals surface area contributed by atoms with Crippen LogP contribution in [0.25, 0.3) is 0 Å². The van der Waals surface area contributed by atoms with E-state index in [2.05, 4.69) is 0 Å². The highest BCUT2D eigenvalue weighted by molar-refractivity contribution is 5.68. The first-order chi connectivity index (χ1) is 5.54. The largest absolute Gasteiger partial charge is 0.436 e. The summed E-state index contributed by atoms with van der Waals surface area (Å²) in [6.07, 6.45) is -0.0556. The van der Waals surface area contributed by atoms with E-state index in [4.69, 9.17) is 0 Å². The molecule has 1 aliphatic heterocycles. The monoisotopic (exact) mass is 173 g/mol. The summed E-state index contributed by atoms with van der Waals surface area (Å²) >= 11 is 0. The average Bonchev–Trinajstić information content (AvgIpc) is 2.30. The van der Waals surface area contributed by atoms with Crippen LogP contribution in [-0.4, -0.2) is 40.7 Å². The molecule has 0 aromatic rings. The van der Waals surface area contributed by atoms with E-state index < -0.39 is 0 Å². The maximum atomic E-state index is 13.5. The molecule has 0 spiro atoms. The van der Waals surface area contributed by atoms with Gasteiger partial charge in [0.2, 0.25) is 0 Å². The quantitative estimate of drug-likeness (QED) is 0.452. The molecular formula is C9H18FN2+. The smallest absolute Gasteiger partial charge is 0.230 e. The molecule has 0 fully saturated rings. The lowest BCUT2D eigenvalue weighted by Crippen LogP contribution is -2.33. The fourth-order valence-electron chi connectivity index (χ4n) is 1.51. The molecule has 0 aromatic heterocycles. The van der Waals surface area contributed by atoms with E-state index in [0.717, 1.165) is 13.1 Å². The third kappa shape index (κ3) is 1.59. The third-order valence-electron chi connectivity index (χ3n) is 2.30. The second-order valence-corrected chi connectivity index (χ2v) is 3.84. The first-order valence-corrected chi connectivity index (χ1v) is 4.59. The van der Waals surface area contributed by atoms with Gasteiger partial charge in [-0.3, -0.25) is 0 Å². The van der Waals surface area contributed by atoms with E-state index in [0.29, 0.717) is 0 Å². The van der Waals surface area contributed by atoms with Gasteiger partial charge >= 0.3 is 6.09 Å². The summed E-state index contributed by atoms with van der Waals surface area (Å²) < 4.78 is 15.3. The van der Waals surface area contributed by atoms with Gasteiger partial charge in [-0.15, -0.1) is 4.39 Å². The zero-order valence-electron chi connectivity index (χ0n) is 8.34. The molecule has 0 atom stereocenters. The molecule has 0 saturated carbocycles. The van der Waals surface area contributed by atoms with Gasteiger partial charge in [-0.1, -0.05) is 0 Å². The molecule has 0 bridgehead atoms. The van der Waals surface area contributed by atoms with Gasteiger partial charge < -0.3 is 0 Å². The predicted octanol–water partition coefficient (Wildman–Crippen LogP) is 1.46. The second kappa shape index (κ2) is 3.42. The minimum absolute atomic E-state index is 0.0556. The van der Waals surface area contributed by atoms with Gasteiger partial charge in [0.25, 0.3) is 0 Å². The fraction of sp³-hybridized carbons (Fsp3) is 0.889. The Morgan fingerprint density at radius 3 is 2.17 bits per heavy atom. The summed E-state index contributed by atoms with van der Waals surface area (Å²) in [4.78, 5) is 1.81. The molecule has 0 unspecified atom stereocenters. The van der Waals surface area contributed by atoms with Gasteiger partial charge in [0.1, 0.15) is 13.1 Å². The van der Waals surface area contributed by atoms with Gasteiger partial charge in [0, 0.05) is 0 Å². The number of amidine groups is 1. The Morgan fingerprint density at radius 1 is 1.33 bits per heavy atom. The minimum atomic E-state index is -0.0556. The van der Waals surface area contributed by atoms with Crippen LogP contribution >= 0.6 is 0 Å². The molecule has 1 aliphatic rings. The van der Waals surface area contributed by atoms with Crippen molar-refractivity contribution in [1.29, 1.82) is 0 Å². The van der Waals surface area contributed by atoms with Crippen LogP contribution in [-0.2, 0) is 0 Å². The standard InChI is InChI=1S/C9H18FN2/c1-7(2)11-5-6-12(8(3)4)9(11)10/h7-8H,5-6H2,1-4H3/q+1. The van der Waals surface area contributed by atoms with Gasteiger partial charge in [-0.05, 0) is 27.7 Å². The summed E-state index contributed by atoms with van der Waals surface area (Å²) in [6.45, 7) is 9.71. The topological polar surface area (TPSA) is 6.25 Å². The molecule has 0 N–H and O–H groups in total. The van der Waals surface area contributed by atoms with Crippen LogP contribution in [0, 0.1) is 0 Å². The molecule has 3 heteroatoms. The van der Waals surface area contributed by atoms with E-state index >= 15 is 0 Å². The molecule has 70 valence electrons. The number of rotatable bonds is 2. The normalized spacial score (nSPS) is 18.8. The lowest BCUT2D eigenvalue weighted by molar-refractivity contribution is -0.554. The summed E-state index contributed by atoms with van der Waals surface area (Å²) in [5.74, 6) is 0. The van der Waals surface area contributed by atoms with Crippen LogP contribution < -0.4 is 0 Å². The van der Waals surface area contributed by atoms with E-state index in [9.17, 15) is 4.39 Å². The van der Waals surface area contributed by atoms with Crippen molar-refractivity contribution in [2.24, 2.45) is 0 Å². The van der Waals surface area contributed by atoms with Gasteiger partial charge in [-0.2, -0.15) is 0 Å². The summed E-state index contributed by atoms with van der Waals surface area (Å²) in [6, 6.07) is 0.544. The first kappa shape index (κ1) is 9.49. The van der Waals surface area contributed by atoms with Crippen molar-refractivity contribution >= 4 is 6.09 Å². The number of hydrogen-bond acceptors (Lipinski definition) is 1. The van der Waals surface area contributed by atoms with Gasteiger partial charge in [0.05, 0.1) is 12.1 Å². The lowest BCUT2D eigenvalue weighted by atomic mass is 10.3. The van der Waals surface area contributed by atoms with Crippen molar-refractivity contribution in [3.63, 3.8) is 0 Å². The van der Waals surface area contributed by atoms with Crippen molar-refractivity contribution in [3.05, 3.63) is 0 Å². The Labute approximate surface area is 73.7 Å². The Balaban J connectivity index is 2.76. The van der Waals surface area contributed by atoms with Crippen LogP contribution in [0.1, 0.15) is 27.7 Å². The average molecular weight is 173 g/mol. The van der Waals surface area contributed by atoms with E-state index in [1.807, 2.05) is 27.7 Å².